The number of nitro groups is 1. The molecule has 8 nitrogen and oxygen atoms in total. The molecule has 2 rings (SSSR count). The van der Waals surface area contributed by atoms with Crippen LogP contribution in [-0.4, -0.2) is 27.3 Å². The molecule has 0 unspecified atom stereocenters. The maximum atomic E-state index is 12.1. The number of aromatic nitrogens is 2. The third-order valence-corrected chi connectivity index (χ3v) is 2.79. The van der Waals surface area contributed by atoms with Crippen LogP contribution in [0.3, 0.4) is 0 Å². The monoisotopic (exact) mass is 289 g/mol. The molecule has 0 atom stereocenters. The Bertz CT molecular complexity index is 639. The zero-order chi connectivity index (χ0) is 15.2. The number of benzene rings is 1. The minimum atomic E-state index is -0.572. The van der Waals surface area contributed by atoms with Gasteiger partial charge in [-0.05, 0) is 19.1 Å². The van der Waals surface area contributed by atoms with Gasteiger partial charge in [0.25, 0.3) is 11.6 Å². The molecular formula is C13H15N5O3. The number of hydrogen-bond acceptors (Lipinski definition) is 5. The van der Waals surface area contributed by atoms with E-state index in [1.165, 1.54) is 12.1 Å². The third-order valence-electron chi connectivity index (χ3n) is 2.79. The van der Waals surface area contributed by atoms with Gasteiger partial charge in [-0.2, -0.15) is 0 Å². The number of nitrogens with zero attached hydrogens (tertiary/aromatic N) is 2. The average Bonchev–Trinajstić information content (AvgIpc) is 2.98. The number of amides is 1. The molecule has 1 aromatic heterocycles. The molecule has 21 heavy (non-hydrogen) atoms. The van der Waals surface area contributed by atoms with Crippen molar-refractivity contribution in [3.63, 3.8) is 0 Å². The summed E-state index contributed by atoms with van der Waals surface area (Å²) in [7, 11) is 0. The lowest BCUT2D eigenvalue weighted by molar-refractivity contribution is -0.385. The van der Waals surface area contributed by atoms with Crippen LogP contribution in [-0.2, 0) is 6.54 Å². The number of nitrogens with one attached hydrogen (secondary N) is 3. The smallest absolute Gasteiger partial charge is 0.282 e. The molecule has 0 fully saturated rings. The highest BCUT2D eigenvalue weighted by atomic mass is 16.6. The van der Waals surface area contributed by atoms with Crippen LogP contribution >= 0.6 is 0 Å². The first-order valence-electron chi connectivity index (χ1n) is 6.40. The summed E-state index contributed by atoms with van der Waals surface area (Å²) in [4.78, 5) is 29.4. The van der Waals surface area contributed by atoms with Crippen molar-refractivity contribution in [2.24, 2.45) is 0 Å². The fraction of sp³-hybridized carbons (Fsp3) is 0.231. The predicted octanol–water partition coefficient (Wildman–Crippen LogP) is 1.68. The van der Waals surface area contributed by atoms with E-state index in [1.807, 2.05) is 6.92 Å². The average molecular weight is 289 g/mol. The molecule has 3 N–H and O–H groups in total. The van der Waals surface area contributed by atoms with E-state index < -0.39 is 10.8 Å². The number of rotatable bonds is 6. The number of imidazole rings is 1. The molecule has 2 aromatic rings. The lowest BCUT2D eigenvalue weighted by Gasteiger charge is -2.08. The van der Waals surface area contributed by atoms with Gasteiger partial charge in [-0.25, -0.2) is 4.98 Å². The van der Waals surface area contributed by atoms with Crippen LogP contribution in [0.25, 0.3) is 0 Å². The molecule has 1 aromatic carbocycles. The number of nitro benzene ring substituents is 1. The lowest BCUT2D eigenvalue weighted by Crippen LogP contribution is -2.24. The number of aromatic amines is 1. The van der Waals surface area contributed by atoms with Crippen molar-refractivity contribution < 1.29 is 9.72 Å². The van der Waals surface area contributed by atoms with Gasteiger partial charge in [0, 0.05) is 30.7 Å². The standard InChI is InChI=1S/C13H15N5O3/c1-2-14-9-3-4-11(18(20)21)10(7-9)13(19)17-8-12-15-5-6-16-12/h3-7,14H,2,8H2,1H3,(H,15,16)(H,17,19). The van der Waals surface area contributed by atoms with Crippen molar-refractivity contribution in [3.05, 3.63) is 52.1 Å². The normalized spacial score (nSPS) is 10.1. The van der Waals surface area contributed by atoms with E-state index in [0.29, 0.717) is 18.1 Å². The summed E-state index contributed by atoms with van der Waals surface area (Å²) in [5.41, 5.74) is 0.449. The van der Waals surface area contributed by atoms with E-state index in [4.69, 9.17) is 0 Å². The largest absolute Gasteiger partial charge is 0.385 e. The van der Waals surface area contributed by atoms with Crippen LogP contribution < -0.4 is 10.6 Å². The van der Waals surface area contributed by atoms with Crippen molar-refractivity contribution in [3.8, 4) is 0 Å². The van der Waals surface area contributed by atoms with E-state index in [0.717, 1.165) is 0 Å². The van der Waals surface area contributed by atoms with Gasteiger partial charge in [0.05, 0.1) is 11.5 Å². The van der Waals surface area contributed by atoms with Gasteiger partial charge < -0.3 is 15.6 Å². The minimum Gasteiger partial charge on any atom is -0.385 e. The fourth-order valence-electron chi connectivity index (χ4n) is 1.85. The molecule has 1 amide bonds. The van der Waals surface area contributed by atoms with Gasteiger partial charge in [-0.1, -0.05) is 0 Å². The summed E-state index contributed by atoms with van der Waals surface area (Å²) in [5, 5.41) is 16.6. The van der Waals surface area contributed by atoms with Crippen molar-refractivity contribution >= 4 is 17.3 Å². The van der Waals surface area contributed by atoms with Crippen LogP contribution in [0.2, 0.25) is 0 Å². The maximum absolute atomic E-state index is 12.1. The van der Waals surface area contributed by atoms with Crippen LogP contribution in [0.1, 0.15) is 23.1 Å². The Morgan fingerprint density at radius 2 is 2.29 bits per heavy atom. The highest BCUT2D eigenvalue weighted by Gasteiger charge is 2.20. The SMILES string of the molecule is CCNc1ccc([N+](=O)[O-])c(C(=O)NCc2ncc[nH]2)c1. The molecule has 110 valence electrons. The molecular weight excluding hydrogens is 274 g/mol. The van der Waals surface area contributed by atoms with E-state index in [2.05, 4.69) is 20.6 Å². The predicted molar refractivity (Wildman–Crippen MR) is 77.0 cm³/mol. The molecule has 0 radical (unpaired) electrons. The number of H-pyrrole nitrogens is 1. The summed E-state index contributed by atoms with van der Waals surface area (Å²) in [6.45, 7) is 2.73. The summed E-state index contributed by atoms with van der Waals surface area (Å²) in [6.07, 6.45) is 3.20. The van der Waals surface area contributed by atoms with Gasteiger partial charge >= 0.3 is 0 Å². The van der Waals surface area contributed by atoms with Gasteiger partial charge in [0.15, 0.2) is 0 Å². The Labute approximate surface area is 120 Å². The maximum Gasteiger partial charge on any atom is 0.282 e. The summed E-state index contributed by atoms with van der Waals surface area (Å²) < 4.78 is 0. The van der Waals surface area contributed by atoms with Crippen molar-refractivity contribution in [2.45, 2.75) is 13.5 Å². The number of carbonyl (C=O) groups is 1. The lowest BCUT2D eigenvalue weighted by atomic mass is 10.1. The van der Waals surface area contributed by atoms with Gasteiger partial charge in [-0.3, -0.25) is 14.9 Å². The third kappa shape index (κ3) is 3.56. The topological polar surface area (TPSA) is 113 Å². The molecule has 1 heterocycles. The van der Waals surface area contributed by atoms with Gasteiger partial charge in [0.2, 0.25) is 0 Å². The van der Waals surface area contributed by atoms with E-state index in [1.54, 1.807) is 18.5 Å². The molecule has 0 aliphatic heterocycles. The van der Waals surface area contributed by atoms with Gasteiger partial charge in [-0.15, -0.1) is 0 Å². The molecule has 0 aliphatic carbocycles. The Hall–Kier alpha value is -2.90. The molecule has 0 bridgehead atoms. The van der Waals surface area contributed by atoms with E-state index >= 15 is 0 Å². The molecule has 0 saturated heterocycles. The quantitative estimate of drug-likeness (QED) is 0.553. The van der Waals surface area contributed by atoms with Crippen molar-refractivity contribution in [1.82, 2.24) is 15.3 Å². The Morgan fingerprint density at radius 1 is 1.48 bits per heavy atom. The second-order valence-corrected chi connectivity index (χ2v) is 4.24. The molecule has 8 heteroatoms. The highest BCUT2D eigenvalue weighted by Crippen LogP contribution is 2.22. The summed E-state index contributed by atoms with van der Waals surface area (Å²) >= 11 is 0. The molecule has 0 aliphatic rings. The second kappa shape index (κ2) is 6.51. The summed E-state index contributed by atoms with van der Waals surface area (Å²) in [6, 6.07) is 4.36. The van der Waals surface area contributed by atoms with Crippen LogP contribution in [0.15, 0.2) is 30.6 Å². The van der Waals surface area contributed by atoms with Crippen molar-refractivity contribution in [1.29, 1.82) is 0 Å². The van der Waals surface area contributed by atoms with Crippen molar-refractivity contribution in [2.75, 3.05) is 11.9 Å². The fourth-order valence-corrected chi connectivity index (χ4v) is 1.85. The first-order chi connectivity index (χ1) is 10.1. The zero-order valence-electron chi connectivity index (χ0n) is 11.4. The molecule has 0 spiro atoms. The van der Waals surface area contributed by atoms with E-state index in [9.17, 15) is 14.9 Å². The molecule has 0 saturated carbocycles. The Morgan fingerprint density at radius 3 is 2.90 bits per heavy atom. The van der Waals surface area contributed by atoms with E-state index in [-0.39, 0.29) is 17.8 Å². The Balaban J connectivity index is 2.20. The van der Waals surface area contributed by atoms with Crippen LogP contribution in [0, 0.1) is 10.1 Å². The second-order valence-electron chi connectivity index (χ2n) is 4.24. The number of hydrogen-bond donors (Lipinski definition) is 3. The number of anilines is 1. The highest BCUT2D eigenvalue weighted by molar-refractivity contribution is 5.99. The zero-order valence-corrected chi connectivity index (χ0v) is 11.4. The van der Waals surface area contributed by atoms with Crippen LogP contribution in [0.5, 0.6) is 0 Å². The first-order valence-corrected chi connectivity index (χ1v) is 6.40. The summed E-state index contributed by atoms with van der Waals surface area (Å²) in [5.74, 6) is 0.0618. The van der Waals surface area contributed by atoms with Crippen LogP contribution in [0.4, 0.5) is 11.4 Å². The first kappa shape index (κ1) is 14.5. The Kier molecular flexibility index (Phi) is 4.50. The minimum absolute atomic E-state index is 0.0185. The number of carbonyl (C=O) groups excluding carboxylic acids is 1. The van der Waals surface area contributed by atoms with Gasteiger partial charge in [0.1, 0.15) is 11.4 Å².